The number of hydrogen-bond donors (Lipinski definition) is 0. The van der Waals surface area contributed by atoms with Crippen LogP contribution in [0.4, 0.5) is 26.3 Å². The topological polar surface area (TPSA) is 9.23 Å². The first kappa shape index (κ1) is 24.6. The zero-order chi connectivity index (χ0) is 25.2. The molecule has 0 heterocycles. The van der Waals surface area contributed by atoms with Crippen LogP contribution in [0.5, 0.6) is 5.75 Å². The van der Waals surface area contributed by atoms with Crippen LogP contribution in [0, 0.1) is 17.5 Å². The second kappa shape index (κ2) is 10.0. The van der Waals surface area contributed by atoms with E-state index in [9.17, 15) is 22.0 Å². The van der Waals surface area contributed by atoms with Crippen LogP contribution in [0.25, 0.3) is 21.9 Å². The molecular formula is C28H22F6O. The Bertz CT molecular complexity index is 1320. The molecule has 0 atom stereocenters. The summed E-state index contributed by atoms with van der Waals surface area (Å²) in [5, 5.41) is 0.769. The Morgan fingerprint density at radius 3 is 2.09 bits per heavy atom. The molecule has 0 N–H and O–H groups in total. The van der Waals surface area contributed by atoms with Crippen LogP contribution in [0.15, 0.2) is 66.7 Å². The van der Waals surface area contributed by atoms with E-state index in [0.29, 0.717) is 41.3 Å². The normalized spacial score (nSPS) is 11.7. The maximum absolute atomic E-state index is 15.1. The second-order valence-electron chi connectivity index (χ2n) is 8.28. The monoisotopic (exact) mass is 488 g/mol. The van der Waals surface area contributed by atoms with Crippen molar-refractivity contribution < 1.29 is 31.1 Å². The third-order valence-corrected chi connectivity index (χ3v) is 5.78. The number of alkyl halides is 3. The largest absolute Gasteiger partial charge is 0.493 e. The molecular weight excluding hydrogens is 466 g/mol. The average molecular weight is 488 g/mol. The number of fused-ring (bicyclic) bond motifs is 1. The minimum atomic E-state index is -4.40. The summed E-state index contributed by atoms with van der Waals surface area (Å²) in [4.78, 5) is 0. The van der Waals surface area contributed by atoms with Gasteiger partial charge < -0.3 is 4.74 Å². The van der Waals surface area contributed by atoms with Crippen molar-refractivity contribution in [3.05, 3.63) is 101 Å². The number of hydrogen-bond acceptors (Lipinski definition) is 1. The summed E-state index contributed by atoms with van der Waals surface area (Å²) >= 11 is 0. The SMILES string of the molecule is CCCOc1cc(F)c(-c2ccc3c(F)c(CCc4ccc(C(F)(F)F)cc4)ccc3c2)c(F)c1. The molecule has 0 saturated heterocycles. The molecule has 4 rings (SSSR count). The van der Waals surface area contributed by atoms with Crippen LogP contribution in [0.3, 0.4) is 0 Å². The Kier molecular flexibility index (Phi) is 7.05. The third kappa shape index (κ3) is 5.45. The molecule has 182 valence electrons. The Labute approximate surface area is 199 Å². The molecule has 0 aromatic heterocycles. The number of benzene rings is 4. The first-order valence-corrected chi connectivity index (χ1v) is 11.2. The van der Waals surface area contributed by atoms with Gasteiger partial charge in [0.25, 0.3) is 0 Å². The lowest BCUT2D eigenvalue weighted by molar-refractivity contribution is -0.137. The van der Waals surface area contributed by atoms with Crippen molar-refractivity contribution in [2.24, 2.45) is 0 Å². The molecule has 1 nitrogen and oxygen atoms in total. The molecule has 0 aliphatic carbocycles. The van der Waals surface area contributed by atoms with E-state index in [1.54, 1.807) is 12.1 Å². The molecule has 0 radical (unpaired) electrons. The minimum Gasteiger partial charge on any atom is -0.493 e. The van der Waals surface area contributed by atoms with Crippen molar-refractivity contribution in [2.75, 3.05) is 6.61 Å². The summed E-state index contributed by atoms with van der Waals surface area (Å²) < 4.78 is 87.9. The van der Waals surface area contributed by atoms with Gasteiger partial charge in [0.2, 0.25) is 0 Å². The molecule has 0 aliphatic heterocycles. The molecule has 0 aliphatic rings. The van der Waals surface area contributed by atoms with Crippen LogP contribution in [-0.4, -0.2) is 6.61 Å². The van der Waals surface area contributed by atoms with Gasteiger partial charge in [0.05, 0.1) is 17.7 Å². The molecule has 0 unspecified atom stereocenters. The van der Waals surface area contributed by atoms with Gasteiger partial charge in [-0.1, -0.05) is 43.3 Å². The van der Waals surface area contributed by atoms with Gasteiger partial charge in [-0.05, 0) is 59.5 Å². The molecule has 0 fully saturated rings. The molecule has 0 amide bonds. The van der Waals surface area contributed by atoms with Gasteiger partial charge in [0.15, 0.2) is 0 Å². The fourth-order valence-corrected chi connectivity index (χ4v) is 3.95. The summed E-state index contributed by atoms with van der Waals surface area (Å²) in [6, 6.07) is 14.7. The van der Waals surface area contributed by atoms with Crippen molar-refractivity contribution in [2.45, 2.75) is 32.4 Å². The lowest BCUT2D eigenvalue weighted by atomic mass is 9.96. The van der Waals surface area contributed by atoms with E-state index in [1.165, 1.54) is 30.3 Å². The highest BCUT2D eigenvalue weighted by atomic mass is 19.4. The zero-order valence-corrected chi connectivity index (χ0v) is 18.9. The van der Waals surface area contributed by atoms with Crippen LogP contribution in [-0.2, 0) is 19.0 Å². The van der Waals surface area contributed by atoms with E-state index in [0.717, 1.165) is 24.3 Å². The smallest absolute Gasteiger partial charge is 0.416 e. The lowest BCUT2D eigenvalue weighted by Gasteiger charge is -2.12. The predicted molar refractivity (Wildman–Crippen MR) is 124 cm³/mol. The van der Waals surface area contributed by atoms with Crippen molar-refractivity contribution in [1.82, 2.24) is 0 Å². The molecule has 0 bridgehead atoms. The van der Waals surface area contributed by atoms with Crippen LogP contribution >= 0.6 is 0 Å². The maximum atomic E-state index is 15.1. The summed E-state index contributed by atoms with van der Waals surface area (Å²) in [6.07, 6.45) is -3.05. The highest BCUT2D eigenvalue weighted by molar-refractivity contribution is 5.88. The Hall–Kier alpha value is -3.48. The fraction of sp³-hybridized carbons (Fsp3) is 0.214. The Balaban J connectivity index is 1.56. The fourth-order valence-electron chi connectivity index (χ4n) is 3.95. The summed E-state index contributed by atoms with van der Waals surface area (Å²) in [7, 11) is 0. The number of rotatable bonds is 7. The van der Waals surface area contributed by atoms with Gasteiger partial charge in [0, 0.05) is 17.5 Å². The minimum absolute atomic E-state index is 0.107. The van der Waals surface area contributed by atoms with E-state index in [4.69, 9.17) is 4.74 Å². The number of aryl methyl sites for hydroxylation is 2. The maximum Gasteiger partial charge on any atom is 0.416 e. The zero-order valence-electron chi connectivity index (χ0n) is 18.9. The predicted octanol–water partition coefficient (Wildman–Crippen LogP) is 8.52. The lowest BCUT2D eigenvalue weighted by Crippen LogP contribution is -2.04. The van der Waals surface area contributed by atoms with E-state index in [-0.39, 0.29) is 23.3 Å². The summed E-state index contributed by atoms with van der Waals surface area (Å²) in [6.45, 7) is 2.23. The van der Waals surface area contributed by atoms with Gasteiger partial charge >= 0.3 is 6.18 Å². The number of ether oxygens (including phenoxy) is 1. The van der Waals surface area contributed by atoms with Gasteiger partial charge in [0.1, 0.15) is 23.2 Å². The molecule has 35 heavy (non-hydrogen) atoms. The summed E-state index contributed by atoms with van der Waals surface area (Å²) in [5.74, 6) is -1.91. The molecule has 7 heteroatoms. The third-order valence-electron chi connectivity index (χ3n) is 5.78. The van der Waals surface area contributed by atoms with Gasteiger partial charge in [-0.25, -0.2) is 13.2 Å². The van der Waals surface area contributed by atoms with Crippen molar-refractivity contribution >= 4 is 10.8 Å². The van der Waals surface area contributed by atoms with E-state index < -0.39 is 29.2 Å². The van der Waals surface area contributed by atoms with Crippen LogP contribution in [0.2, 0.25) is 0 Å². The summed E-state index contributed by atoms with van der Waals surface area (Å²) in [5.41, 5.74) is 0.379. The van der Waals surface area contributed by atoms with Gasteiger partial charge in [-0.15, -0.1) is 0 Å². The Morgan fingerprint density at radius 2 is 1.46 bits per heavy atom. The standard InChI is InChI=1S/C28H22F6O/c1-2-13-35-22-15-24(29)26(25(30)16-22)20-9-12-23-19(14-20)8-7-18(27(23)31)6-3-17-4-10-21(11-5-17)28(32,33)34/h4-5,7-12,14-16H,2-3,6,13H2,1H3. The highest BCUT2D eigenvalue weighted by Gasteiger charge is 2.29. The van der Waals surface area contributed by atoms with Crippen molar-refractivity contribution in [1.29, 1.82) is 0 Å². The molecule has 4 aromatic rings. The van der Waals surface area contributed by atoms with Gasteiger partial charge in [-0.2, -0.15) is 13.2 Å². The van der Waals surface area contributed by atoms with E-state index >= 15 is 4.39 Å². The van der Waals surface area contributed by atoms with Crippen LogP contribution < -0.4 is 4.74 Å². The van der Waals surface area contributed by atoms with Gasteiger partial charge in [-0.3, -0.25) is 0 Å². The van der Waals surface area contributed by atoms with Crippen molar-refractivity contribution in [3.8, 4) is 16.9 Å². The van der Waals surface area contributed by atoms with Crippen molar-refractivity contribution in [3.63, 3.8) is 0 Å². The van der Waals surface area contributed by atoms with Crippen LogP contribution in [0.1, 0.15) is 30.0 Å². The highest BCUT2D eigenvalue weighted by Crippen LogP contribution is 2.33. The quantitative estimate of drug-likeness (QED) is 0.237. The van der Waals surface area contributed by atoms with E-state index in [1.807, 2.05) is 6.92 Å². The first-order valence-electron chi connectivity index (χ1n) is 11.2. The molecule has 0 spiro atoms. The van der Waals surface area contributed by atoms with E-state index in [2.05, 4.69) is 0 Å². The molecule has 0 saturated carbocycles. The average Bonchev–Trinajstić information content (AvgIpc) is 2.81. The number of halogens is 6. The second-order valence-corrected chi connectivity index (χ2v) is 8.28. The Morgan fingerprint density at radius 1 is 0.771 bits per heavy atom. The molecule has 4 aromatic carbocycles. The first-order chi connectivity index (χ1) is 16.7.